The van der Waals surface area contributed by atoms with Crippen molar-refractivity contribution in [1.82, 2.24) is 19.4 Å². The topological polar surface area (TPSA) is 124 Å². The lowest BCUT2D eigenvalue weighted by molar-refractivity contribution is -0.137. The van der Waals surface area contributed by atoms with Crippen molar-refractivity contribution in [3.8, 4) is 11.3 Å². The second kappa shape index (κ2) is 9.87. The summed E-state index contributed by atoms with van der Waals surface area (Å²) in [6, 6.07) is 7.62. The average Bonchev–Trinajstić information content (AvgIpc) is 3.21. The number of alkyl halides is 3. The maximum Gasteiger partial charge on any atom is 0.416 e. The Morgan fingerprint density at radius 3 is 2.38 bits per heavy atom. The predicted molar refractivity (Wildman–Crippen MR) is 124 cm³/mol. The Morgan fingerprint density at radius 1 is 1.09 bits per heavy atom. The Labute approximate surface area is 193 Å². The molecule has 11 heteroatoms. The van der Waals surface area contributed by atoms with Crippen LogP contribution in [-0.4, -0.2) is 25.3 Å². The molecule has 0 aliphatic rings. The molecule has 1 atom stereocenters. The molecule has 4 rings (SSSR count). The predicted octanol–water partition coefficient (Wildman–Crippen LogP) is 4.69. The summed E-state index contributed by atoms with van der Waals surface area (Å²) in [6.45, 7) is 5.80. The van der Waals surface area contributed by atoms with Crippen molar-refractivity contribution >= 4 is 23.1 Å². The number of pyridine rings is 1. The van der Waals surface area contributed by atoms with Gasteiger partial charge in [-0.25, -0.2) is 15.0 Å². The van der Waals surface area contributed by atoms with Gasteiger partial charge in [-0.15, -0.1) is 0 Å². The van der Waals surface area contributed by atoms with E-state index in [2.05, 4.69) is 20.3 Å². The minimum Gasteiger partial charge on any atom is -0.382 e. The zero-order valence-corrected chi connectivity index (χ0v) is 18.8. The standard InChI is InChI=1S/C21H18F3N7O.C2H6/c1-11(25)19-30-16(17-18(26)28-8-9-31(17)19)12-2-4-13(5-3-12)20(32)29-15-10-14(6-7-27-15)21(22,23)24;1-2/h2-11H,25H2,1H3,(H2,26,28)(H,27,29,32);1-2H3. The molecule has 0 spiro atoms. The Kier molecular flexibility index (Phi) is 7.16. The molecule has 0 aliphatic carbocycles. The van der Waals surface area contributed by atoms with Gasteiger partial charge in [0.1, 0.15) is 28.7 Å². The van der Waals surface area contributed by atoms with E-state index < -0.39 is 17.6 Å². The van der Waals surface area contributed by atoms with E-state index >= 15 is 0 Å². The summed E-state index contributed by atoms with van der Waals surface area (Å²) in [7, 11) is 0. The fraction of sp³-hybridized carbons (Fsp3) is 0.217. The molecule has 0 fully saturated rings. The average molecular weight is 471 g/mol. The van der Waals surface area contributed by atoms with Gasteiger partial charge in [0.05, 0.1) is 11.6 Å². The molecule has 5 N–H and O–H groups in total. The van der Waals surface area contributed by atoms with E-state index in [9.17, 15) is 18.0 Å². The van der Waals surface area contributed by atoms with Crippen molar-refractivity contribution < 1.29 is 18.0 Å². The Balaban J connectivity index is 0.00000158. The molecule has 0 radical (unpaired) electrons. The molecule has 3 aromatic heterocycles. The number of hydrogen-bond acceptors (Lipinski definition) is 6. The van der Waals surface area contributed by atoms with Crippen LogP contribution in [0.3, 0.4) is 0 Å². The fourth-order valence-corrected chi connectivity index (χ4v) is 3.25. The Bertz CT molecular complexity index is 1300. The first-order valence-corrected chi connectivity index (χ1v) is 10.5. The lowest BCUT2D eigenvalue weighted by Crippen LogP contribution is -2.14. The van der Waals surface area contributed by atoms with E-state index in [1.807, 2.05) is 13.8 Å². The number of carbonyl (C=O) groups is 1. The van der Waals surface area contributed by atoms with E-state index in [1.165, 1.54) is 12.1 Å². The molecule has 1 amide bonds. The molecule has 1 aromatic carbocycles. The first-order chi connectivity index (χ1) is 16.1. The van der Waals surface area contributed by atoms with Crippen molar-refractivity contribution in [2.24, 2.45) is 5.73 Å². The zero-order valence-electron chi connectivity index (χ0n) is 18.8. The number of amides is 1. The van der Waals surface area contributed by atoms with E-state index in [1.54, 1.807) is 35.9 Å². The molecule has 1 unspecified atom stereocenters. The summed E-state index contributed by atoms with van der Waals surface area (Å²) in [5, 5.41) is 2.37. The molecule has 0 saturated carbocycles. The lowest BCUT2D eigenvalue weighted by atomic mass is 10.1. The van der Waals surface area contributed by atoms with Crippen molar-refractivity contribution in [2.75, 3.05) is 11.1 Å². The summed E-state index contributed by atoms with van der Waals surface area (Å²) in [4.78, 5) is 25.0. The van der Waals surface area contributed by atoms with Crippen LogP contribution in [0.15, 0.2) is 55.0 Å². The van der Waals surface area contributed by atoms with Gasteiger partial charge >= 0.3 is 6.18 Å². The monoisotopic (exact) mass is 471 g/mol. The number of aromatic nitrogens is 4. The van der Waals surface area contributed by atoms with Gasteiger partial charge in [0.15, 0.2) is 0 Å². The molecule has 0 bridgehead atoms. The zero-order chi connectivity index (χ0) is 25.0. The number of hydrogen-bond donors (Lipinski definition) is 3. The van der Waals surface area contributed by atoms with Crippen LogP contribution in [-0.2, 0) is 6.18 Å². The normalized spacial score (nSPS) is 12.1. The van der Waals surface area contributed by atoms with Crippen LogP contribution in [0.2, 0.25) is 0 Å². The van der Waals surface area contributed by atoms with Gasteiger partial charge in [0.2, 0.25) is 0 Å². The van der Waals surface area contributed by atoms with Gasteiger partial charge in [0.25, 0.3) is 5.91 Å². The van der Waals surface area contributed by atoms with Crippen molar-refractivity contribution in [1.29, 1.82) is 0 Å². The molecule has 8 nitrogen and oxygen atoms in total. The second-order valence-electron chi connectivity index (χ2n) is 7.10. The summed E-state index contributed by atoms with van der Waals surface area (Å²) >= 11 is 0. The fourth-order valence-electron chi connectivity index (χ4n) is 3.25. The highest BCUT2D eigenvalue weighted by molar-refractivity contribution is 6.04. The number of benzene rings is 1. The van der Waals surface area contributed by atoms with Crippen LogP contribution in [0, 0.1) is 0 Å². The van der Waals surface area contributed by atoms with E-state index in [0.29, 0.717) is 22.6 Å². The number of nitrogen functional groups attached to an aromatic ring is 1. The van der Waals surface area contributed by atoms with Gasteiger partial charge in [-0.2, -0.15) is 13.2 Å². The first kappa shape index (κ1) is 24.6. The highest BCUT2D eigenvalue weighted by Crippen LogP contribution is 2.31. The van der Waals surface area contributed by atoms with Crippen molar-refractivity contribution in [3.63, 3.8) is 0 Å². The maximum absolute atomic E-state index is 12.9. The van der Waals surface area contributed by atoms with Crippen molar-refractivity contribution in [3.05, 3.63) is 71.9 Å². The van der Waals surface area contributed by atoms with Gasteiger partial charge in [-0.1, -0.05) is 26.0 Å². The number of nitrogens with two attached hydrogens (primary N) is 2. The number of imidazole rings is 1. The van der Waals surface area contributed by atoms with E-state index in [0.717, 1.165) is 18.3 Å². The van der Waals surface area contributed by atoms with E-state index in [4.69, 9.17) is 11.5 Å². The number of halogens is 3. The van der Waals surface area contributed by atoms with Crippen LogP contribution in [0.4, 0.5) is 24.8 Å². The minimum absolute atomic E-state index is 0.200. The molecular weight excluding hydrogens is 447 g/mol. The van der Waals surface area contributed by atoms with Crippen LogP contribution in [0.1, 0.15) is 48.6 Å². The first-order valence-electron chi connectivity index (χ1n) is 10.5. The maximum atomic E-state index is 12.9. The van der Waals surface area contributed by atoms with Crippen LogP contribution in [0.5, 0.6) is 0 Å². The quantitative estimate of drug-likeness (QED) is 0.397. The molecule has 34 heavy (non-hydrogen) atoms. The number of carbonyl (C=O) groups excluding carboxylic acids is 1. The lowest BCUT2D eigenvalue weighted by Gasteiger charge is -2.09. The second-order valence-corrected chi connectivity index (χ2v) is 7.10. The third-order valence-electron chi connectivity index (χ3n) is 4.77. The molecular formula is C23H24F3N7O. The highest BCUT2D eigenvalue weighted by Gasteiger charge is 2.31. The molecule has 0 aliphatic heterocycles. The number of fused-ring (bicyclic) bond motifs is 1. The summed E-state index contributed by atoms with van der Waals surface area (Å²) in [5.41, 5.74) is 13.2. The van der Waals surface area contributed by atoms with Gasteiger partial charge in [-0.3, -0.25) is 9.20 Å². The minimum atomic E-state index is -4.53. The summed E-state index contributed by atoms with van der Waals surface area (Å²) in [5.74, 6) is 0.0748. The van der Waals surface area contributed by atoms with E-state index in [-0.39, 0.29) is 23.2 Å². The third kappa shape index (κ3) is 4.99. The largest absolute Gasteiger partial charge is 0.416 e. The van der Waals surface area contributed by atoms with Crippen LogP contribution >= 0.6 is 0 Å². The van der Waals surface area contributed by atoms with Crippen molar-refractivity contribution in [2.45, 2.75) is 33.0 Å². The Hall–Kier alpha value is -3.99. The number of nitrogens with one attached hydrogen (secondary N) is 1. The smallest absolute Gasteiger partial charge is 0.382 e. The van der Waals surface area contributed by atoms with Gasteiger partial charge in [0, 0.05) is 29.7 Å². The molecule has 178 valence electrons. The van der Waals surface area contributed by atoms with Crippen LogP contribution in [0.25, 0.3) is 16.8 Å². The number of anilines is 2. The van der Waals surface area contributed by atoms with Crippen LogP contribution < -0.4 is 16.8 Å². The SMILES string of the molecule is CC.CC(N)c1nc(-c2ccc(C(=O)Nc3cc(C(F)(F)F)ccn3)cc2)c2c(N)nccn12. The Morgan fingerprint density at radius 2 is 1.76 bits per heavy atom. The summed E-state index contributed by atoms with van der Waals surface area (Å²) < 4.78 is 40.3. The molecule has 4 aromatic rings. The summed E-state index contributed by atoms with van der Waals surface area (Å²) in [6.07, 6.45) is -0.284. The number of rotatable bonds is 4. The number of nitrogens with zero attached hydrogens (tertiary/aromatic N) is 4. The van der Waals surface area contributed by atoms with Gasteiger partial charge in [-0.05, 0) is 31.2 Å². The molecule has 0 saturated heterocycles. The highest BCUT2D eigenvalue weighted by atomic mass is 19.4. The third-order valence-corrected chi connectivity index (χ3v) is 4.77. The van der Waals surface area contributed by atoms with Gasteiger partial charge < -0.3 is 16.8 Å². The molecule has 3 heterocycles.